The Morgan fingerprint density at radius 3 is 2.60 bits per heavy atom. The second-order valence-corrected chi connectivity index (χ2v) is 2.81. The molecule has 0 atom stereocenters. The number of carbonyl (C=O) groups is 1. The van der Waals surface area contributed by atoms with Crippen LogP contribution in [0.1, 0.15) is 28.0 Å². The van der Waals surface area contributed by atoms with Gasteiger partial charge in [-0.3, -0.25) is 4.98 Å². The van der Waals surface area contributed by atoms with E-state index in [2.05, 4.69) is 4.98 Å². The Hall–Kier alpha value is -1.72. The Kier molecular flexibility index (Phi) is 3.18. The van der Waals surface area contributed by atoms with Crippen LogP contribution in [0.25, 0.3) is 0 Å². The monoisotopic (exact) mass is 217 g/mol. The number of aromatic nitrogens is 1. The number of aryl methyl sites for hydroxylation is 1. The second kappa shape index (κ2) is 4.20. The molecule has 1 aromatic rings. The van der Waals surface area contributed by atoms with Gasteiger partial charge in [0.1, 0.15) is 5.56 Å². The summed E-state index contributed by atoms with van der Waals surface area (Å²) in [5.74, 6) is -1.58. The fourth-order valence-corrected chi connectivity index (χ4v) is 1.24. The number of carboxylic acid groups (broad SMARTS) is 1. The van der Waals surface area contributed by atoms with Crippen LogP contribution in [-0.4, -0.2) is 23.2 Å². The lowest BCUT2D eigenvalue weighted by atomic mass is 10.1. The van der Waals surface area contributed by atoms with E-state index in [-0.39, 0.29) is 11.4 Å². The third-order valence-electron chi connectivity index (χ3n) is 1.89. The summed E-state index contributed by atoms with van der Waals surface area (Å²) in [6.07, 6.45) is -2.04. The summed E-state index contributed by atoms with van der Waals surface area (Å²) in [6.45, 7) is 1.49. The molecule has 0 amide bonds. The number of hydrogen-bond donors (Lipinski definition) is 1. The summed E-state index contributed by atoms with van der Waals surface area (Å²) in [5, 5.41) is 8.81. The first-order valence-corrected chi connectivity index (χ1v) is 4.04. The molecule has 0 aliphatic rings. The van der Waals surface area contributed by atoms with Crippen molar-refractivity contribution in [1.82, 2.24) is 4.98 Å². The number of alkyl halides is 2. The van der Waals surface area contributed by atoms with Gasteiger partial charge >= 0.3 is 5.97 Å². The zero-order valence-corrected chi connectivity index (χ0v) is 8.12. The maximum Gasteiger partial charge on any atom is 0.340 e. The molecular weight excluding hydrogens is 208 g/mol. The highest BCUT2D eigenvalue weighted by Gasteiger charge is 2.24. The number of rotatable bonds is 3. The zero-order chi connectivity index (χ0) is 11.6. The highest BCUT2D eigenvalue weighted by Crippen LogP contribution is 2.30. The average molecular weight is 217 g/mol. The van der Waals surface area contributed by atoms with Crippen molar-refractivity contribution < 1.29 is 23.4 Å². The van der Waals surface area contributed by atoms with Crippen molar-refractivity contribution in [2.75, 3.05) is 7.11 Å². The molecule has 0 spiro atoms. The van der Waals surface area contributed by atoms with Gasteiger partial charge in [-0.25, -0.2) is 13.6 Å². The highest BCUT2D eigenvalue weighted by molar-refractivity contribution is 5.93. The number of nitrogens with zero attached hydrogens (tertiary/aromatic N) is 1. The molecule has 0 saturated heterocycles. The summed E-state index contributed by atoms with van der Waals surface area (Å²) >= 11 is 0. The summed E-state index contributed by atoms with van der Waals surface area (Å²) in [4.78, 5) is 14.5. The molecule has 1 aromatic heterocycles. The smallest absolute Gasteiger partial charge is 0.340 e. The lowest BCUT2D eigenvalue weighted by Crippen LogP contribution is -2.08. The summed E-state index contributed by atoms with van der Waals surface area (Å²) in [5.41, 5.74) is -0.899. The molecule has 0 fully saturated rings. The predicted octanol–water partition coefficient (Wildman–Crippen LogP) is 2.03. The molecule has 6 heteroatoms. The minimum absolute atomic E-state index is 0.125. The number of halogens is 2. The molecule has 1 heterocycles. The molecule has 1 rings (SSSR count). The third-order valence-corrected chi connectivity index (χ3v) is 1.89. The van der Waals surface area contributed by atoms with E-state index in [0.29, 0.717) is 0 Å². The largest absolute Gasteiger partial charge is 0.494 e. The van der Waals surface area contributed by atoms with Gasteiger partial charge in [-0.1, -0.05) is 0 Å². The van der Waals surface area contributed by atoms with Crippen LogP contribution in [0.5, 0.6) is 5.75 Å². The van der Waals surface area contributed by atoms with Gasteiger partial charge in [-0.2, -0.15) is 0 Å². The van der Waals surface area contributed by atoms with Crippen molar-refractivity contribution in [3.05, 3.63) is 23.0 Å². The maximum atomic E-state index is 12.5. The number of hydrogen-bond acceptors (Lipinski definition) is 3. The van der Waals surface area contributed by atoms with Gasteiger partial charge in [0, 0.05) is 6.20 Å². The van der Waals surface area contributed by atoms with Gasteiger partial charge in [-0.05, 0) is 6.92 Å². The minimum Gasteiger partial charge on any atom is -0.494 e. The molecule has 0 saturated carbocycles. The zero-order valence-electron chi connectivity index (χ0n) is 8.12. The fourth-order valence-electron chi connectivity index (χ4n) is 1.24. The molecule has 0 radical (unpaired) electrons. The number of ether oxygens (including phenoxy) is 1. The van der Waals surface area contributed by atoms with Crippen LogP contribution in [-0.2, 0) is 0 Å². The predicted molar refractivity (Wildman–Crippen MR) is 47.4 cm³/mol. The number of carboxylic acids is 1. The first-order chi connectivity index (χ1) is 6.99. The highest BCUT2D eigenvalue weighted by atomic mass is 19.3. The van der Waals surface area contributed by atoms with E-state index in [1.54, 1.807) is 0 Å². The van der Waals surface area contributed by atoms with E-state index in [0.717, 1.165) is 6.20 Å². The standard InChI is InChI=1S/C9H9F2NO3/c1-4-7(15-2)6(9(13)14)5(3-12-4)8(10)11/h3,8H,1-2H3,(H,13,14). The summed E-state index contributed by atoms with van der Waals surface area (Å²) in [7, 11) is 1.21. The molecule has 0 aliphatic heterocycles. The van der Waals surface area contributed by atoms with E-state index < -0.39 is 23.5 Å². The van der Waals surface area contributed by atoms with Crippen molar-refractivity contribution in [1.29, 1.82) is 0 Å². The Labute approximate surface area is 84.5 Å². The van der Waals surface area contributed by atoms with Gasteiger partial charge in [0.15, 0.2) is 5.75 Å². The van der Waals surface area contributed by atoms with Crippen LogP contribution in [0, 0.1) is 6.92 Å². The van der Waals surface area contributed by atoms with Crippen molar-refractivity contribution in [3.8, 4) is 5.75 Å². The van der Waals surface area contributed by atoms with E-state index in [1.807, 2.05) is 0 Å². The summed E-state index contributed by atoms with van der Waals surface area (Å²) < 4.78 is 29.7. The SMILES string of the molecule is COc1c(C)ncc(C(F)F)c1C(=O)O. The van der Waals surface area contributed by atoms with Gasteiger partial charge in [-0.15, -0.1) is 0 Å². The molecule has 0 aliphatic carbocycles. The Morgan fingerprint density at radius 2 is 2.20 bits per heavy atom. The topological polar surface area (TPSA) is 59.4 Å². The first kappa shape index (κ1) is 11.4. The van der Waals surface area contributed by atoms with Crippen LogP contribution in [0.15, 0.2) is 6.20 Å². The van der Waals surface area contributed by atoms with Crippen LogP contribution in [0.3, 0.4) is 0 Å². The summed E-state index contributed by atoms with van der Waals surface area (Å²) in [6, 6.07) is 0. The van der Waals surface area contributed by atoms with E-state index in [9.17, 15) is 13.6 Å². The fraction of sp³-hybridized carbons (Fsp3) is 0.333. The number of pyridine rings is 1. The average Bonchev–Trinajstić information content (AvgIpc) is 2.16. The second-order valence-electron chi connectivity index (χ2n) is 2.81. The van der Waals surface area contributed by atoms with Gasteiger partial charge in [0.25, 0.3) is 6.43 Å². The lowest BCUT2D eigenvalue weighted by molar-refractivity contribution is 0.0679. The van der Waals surface area contributed by atoms with Crippen LogP contribution < -0.4 is 4.74 Å². The normalized spacial score (nSPS) is 10.5. The first-order valence-electron chi connectivity index (χ1n) is 4.04. The number of methoxy groups -OCH3 is 1. The van der Waals surface area contributed by atoms with Crippen molar-refractivity contribution in [2.24, 2.45) is 0 Å². The van der Waals surface area contributed by atoms with Crippen LogP contribution >= 0.6 is 0 Å². The molecule has 1 N–H and O–H groups in total. The van der Waals surface area contributed by atoms with Gasteiger partial charge in [0.05, 0.1) is 18.4 Å². The molecule has 0 bridgehead atoms. The molecular formula is C9H9F2NO3. The van der Waals surface area contributed by atoms with Crippen molar-refractivity contribution >= 4 is 5.97 Å². The Bertz CT molecular complexity index is 393. The van der Waals surface area contributed by atoms with Crippen molar-refractivity contribution in [2.45, 2.75) is 13.3 Å². The molecule has 0 unspecified atom stereocenters. The molecule has 0 aromatic carbocycles. The van der Waals surface area contributed by atoms with Gasteiger partial charge in [0.2, 0.25) is 0 Å². The van der Waals surface area contributed by atoms with Crippen LogP contribution in [0.2, 0.25) is 0 Å². The molecule has 4 nitrogen and oxygen atoms in total. The van der Waals surface area contributed by atoms with Crippen molar-refractivity contribution in [3.63, 3.8) is 0 Å². The third kappa shape index (κ3) is 2.03. The van der Waals surface area contributed by atoms with E-state index >= 15 is 0 Å². The van der Waals surface area contributed by atoms with E-state index in [4.69, 9.17) is 9.84 Å². The van der Waals surface area contributed by atoms with Crippen LogP contribution in [0.4, 0.5) is 8.78 Å². The Balaban J connectivity index is 3.49. The van der Waals surface area contributed by atoms with Gasteiger partial charge < -0.3 is 9.84 Å². The maximum absolute atomic E-state index is 12.5. The molecule has 15 heavy (non-hydrogen) atoms. The molecule has 82 valence electrons. The lowest BCUT2D eigenvalue weighted by Gasteiger charge is -2.11. The number of aromatic carboxylic acids is 1. The minimum atomic E-state index is -2.89. The Morgan fingerprint density at radius 1 is 1.60 bits per heavy atom. The quantitative estimate of drug-likeness (QED) is 0.841. The van der Waals surface area contributed by atoms with E-state index in [1.165, 1.54) is 14.0 Å².